The quantitative estimate of drug-likeness (QED) is 0.756. The SMILES string of the molecule is CCCN(CC)CCNC(=O)c1cc(C)c(C#CCO)s1. The van der Waals surface area contributed by atoms with E-state index in [4.69, 9.17) is 5.11 Å². The van der Waals surface area contributed by atoms with Crippen LogP contribution in [0.5, 0.6) is 0 Å². The van der Waals surface area contributed by atoms with Gasteiger partial charge in [-0.2, -0.15) is 0 Å². The Hall–Kier alpha value is -1.35. The van der Waals surface area contributed by atoms with Crippen LogP contribution in [0, 0.1) is 18.8 Å². The molecule has 0 radical (unpaired) electrons. The first-order valence-corrected chi connectivity index (χ1v) is 8.14. The van der Waals surface area contributed by atoms with Crippen molar-refractivity contribution in [1.29, 1.82) is 0 Å². The normalized spacial score (nSPS) is 10.3. The fourth-order valence-corrected chi connectivity index (χ4v) is 2.96. The molecule has 0 fully saturated rings. The number of likely N-dealkylation sites (N-methyl/N-ethyl adjacent to an activating group) is 1. The van der Waals surface area contributed by atoms with Crippen molar-refractivity contribution in [3.8, 4) is 11.8 Å². The minimum Gasteiger partial charge on any atom is -0.384 e. The van der Waals surface area contributed by atoms with Gasteiger partial charge < -0.3 is 15.3 Å². The van der Waals surface area contributed by atoms with Gasteiger partial charge in [0.2, 0.25) is 0 Å². The van der Waals surface area contributed by atoms with Gasteiger partial charge in [0.15, 0.2) is 0 Å². The van der Waals surface area contributed by atoms with Crippen LogP contribution in [-0.2, 0) is 0 Å². The Labute approximate surface area is 131 Å². The van der Waals surface area contributed by atoms with Crippen molar-refractivity contribution in [2.75, 3.05) is 32.8 Å². The highest BCUT2D eigenvalue weighted by atomic mass is 32.1. The summed E-state index contributed by atoms with van der Waals surface area (Å²) in [5.41, 5.74) is 0.979. The van der Waals surface area contributed by atoms with E-state index in [0.29, 0.717) is 11.4 Å². The fraction of sp³-hybridized carbons (Fsp3) is 0.562. The van der Waals surface area contributed by atoms with E-state index >= 15 is 0 Å². The van der Waals surface area contributed by atoms with Crippen molar-refractivity contribution in [2.45, 2.75) is 27.2 Å². The predicted octanol–water partition coefficient (Wildman–Crippen LogP) is 1.86. The van der Waals surface area contributed by atoms with Gasteiger partial charge in [-0.3, -0.25) is 4.79 Å². The molecule has 0 atom stereocenters. The van der Waals surface area contributed by atoms with Gasteiger partial charge >= 0.3 is 0 Å². The Morgan fingerprint density at radius 3 is 2.81 bits per heavy atom. The highest BCUT2D eigenvalue weighted by Gasteiger charge is 2.11. The second-order valence-corrected chi connectivity index (χ2v) is 5.83. The fourth-order valence-electron chi connectivity index (χ4n) is 2.00. The van der Waals surface area contributed by atoms with Crippen LogP contribution in [0.3, 0.4) is 0 Å². The molecule has 2 N–H and O–H groups in total. The van der Waals surface area contributed by atoms with Crippen LogP contribution in [0.2, 0.25) is 0 Å². The number of carbonyl (C=O) groups is 1. The zero-order valence-electron chi connectivity index (χ0n) is 13.0. The summed E-state index contributed by atoms with van der Waals surface area (Å²) in [6, 6.07) is 1.85. The molecule has 21 heavy (non-hydrogen) atoms. The van der Waals surface area contributed by atoms with Gasteiger partial charge in [0.1, 0.15) is 6.61 Å². The van der Waals surface area contributed by atoms with Gasteiger partial charge in [0, 0.05) is 13.1 Å². The van der Waals surface area contributed by atoms with E-state index in [1.165, 1.54) is 11.3 Å². The molecular formula is C16H24N2O2S. The molecule has 116 valence electrons. The molecule has 1 heterocycles. The lowest BCUT2D eigenvalue weighted by molar-refractivity contribution is 0.0952. The van der Waals surface area contributed by atoms with Crippen molar-refractivity contribution in [3.63, 3.8) is 0 Å². The van der Waals surface area contributed by atoms with E-state index in [1.54, 1.807) is 0 Å². The van der Waals surface area contributed by atoms with Crippen LogP contribution in [-0.4, -0.2) is 48.7 Å². The molecule has 5 heteroatoms. The summed E-state index contributed by atoms with van der Waals surface area (Å²) in [7, 11) is 0. The zero-order chi connectivity index (χ0) is 15.7. The maximum atomic E-state index is 12.1. The van der Waals surface area contributed by atoms with E-state index in [2.05, 4.69) is 35.9 Å². The average molecular weight is 308 g/mol. The first kappa shape index (κ1) is 17.7. The van der Waals surface area contributed by atoms with Gasteiger partial charge in [0.25, 0.3) is 5.91 Å². The maximum Gasteiger partial charge on any atom is 0.261 e. The van der Waals surface area contributed by atoms with Gasteiger partial charge in [-0.1, -0.05) is 25.7 Å². The third kappa shape index (κ3) is 5.88. The lowest BCUT2D eigenvalue weighted by Gasteiger charge is -2.19. The molecule has 4 nitrogen and oxygen atoms in total. The van der Waals surface area contributed by atoms with Crippen LogP contribution < -0.4 is 5.32 Å². The van der Waals surface area contributed by atoms with E-state index in [1.807, 2.05) is 13.0 Å². The number of carbonyl (C=O) groups excluding carboxylic acids is 1. The third-order valence-electron chi connectivity index (χ3n) is 3.12. The summed E-state index contributed by atoms with van der Waals surface area (Å²) in [4.78, 5) is 15.9. The number of amides is 1. The minimum absolute atomic E-state index is 0.0484. The monoisotopic (exact) mass is 308 g/mol. The largest absolute Gasteiger partial charge is 0.384 e. The molecule has 1 aromatic rings. The molecule has 1 rings (SSSR count). The minimum atomic E-state index is -0.164. The summed E-state index contributed by atoms with van der Waals surface area (Å²) in [5.74, 6) is 5.43. The van der Waals surface area contributed by atoms with E-state index in [-0.39, 0.29) is 12.5 Å². The molecule has 0 saturated heterocycles. The Morgan fingerprint density at radius 2 is 2.19 bits per heavy atom. The molecule has 1 aromatic heterocycles. The standard InChI is InChI=1S/C16H24N2O2S/c1-4-9-18(5-2)10-8-17-16(20)15-12-13(3)14(21-15)7-6-11-19/h12,19H,4-5,8-11H2,1-3H3,(H,17,20). The van der Waals surface area contributed by atoms with Crippen molar-refractivity contribution in [3.05, 3.63) is 21.4 Å². The number of nitrogens with zero attached hydrogens (tertiary/aromatic N) is 1. The first-order valence-electron chi connectivity index (χ1n) is 7.33. The number of rotatable bonds is 7. The summed E-state index contributed by atoms with van der Waals surface area (Å²) in [6.07, 6.45) is 1.12. The zero-order valence-corrected chi connectivity index (χ0v) is 13.8. The topological polar surface area (TPSA) is 52.6 Å². The van der Waals surface area contributed by atoms with Crippen LogP contribution in [0.1, 0.15) is 40.4 Å². The van der Waals surface area contributed by atoms with Crippen molar-refractivity contribution >= 4 is 17.2 Å². The molecule has 1 amide bonds. The molecule has 0 spiro atoms. The Bertz CT molecular complexity index is 514. The maximum absolute atomic E-state index is 12.1. The van der Waals surface area contributed by atoms with Gasteiger partial charge in [-0.15, -0.1) is 11.3 Å². The molecule has 0 aliphatic carbocycles. The predicted molar refractivity (Wildman–Crippen MR) is 87.8 cm³/mol. The summed E-state index contributed by atoms with van der Waals surface area (Å²) >= 11 is 1.37. The first-order chi connectivity index (χ1) is 10.1. The van der Waals surface area contributed by atoms with E-state index in [0.717, 1.165) is 36.5 Å². The van der Waals surface area contributed by atoms with E-state index < -0.39 is 0 Å². The van der Waals surface area contributed by atoms with Crippen molar-refractivity contribution < 1.29 is 9.90 Å². The number of nitrogens with one attached hydrogen (secondary N) is 1. The third-order valence-corrected chi connectivity index (χ3v) is 4.27. The second-order valence-electron chi connectivity index (χ2n) is 4.77. The average Bonchev–Trinajstić information content (AvgIpc) is 2.85. The Morgan fingerprint density at radius 1 is 1.43 bits per heavy atom. The number of aliphatic hydroxyl groups is 1. The summed E-state index contributed by atoms with van der Waals surface area (Å²) in [6.45, 7) is 9.64. The lowest BCUT2D eigenvalue weighted by Crippen LogP contribution is -2.35. The summed E-state index contributed by atoms with van der Waals surface area (Å²) in [5, 5.41) is 11.7. The van der Waals surface area contributed by atoms with Gasteiger partial charge in [-0.05, 0) is 38.1 Å². The van der Waals surface area contributed by atoms with Gasteiger partial charge in [0.05, 0.1) is 9.75 Å². The van der Waals surface area contributed by atoms with Crippen LogP contribution in [0.25, 0.3) is 0 Å². The summed E-state index contributed by atoms with van der Waals surface area (Å²) < 4.78 is 0. The molecule has 0 aliphatic heterocycles. The van der Waals surface area contributed by atoms with Gasteiger partial charge in [-0.25, -0.2) is 0 Å². The second kappa shape index (κ2) is 9.56. The molecule has 0 saturated carbocycles. The number of hydrogen-bond acceptors (Lipinski definition) is 4. The highest BCUT2D eigenvalue weighted by molar-refractivity contribution is 7.14. The van der Waals surface area contributed by atoms with Crippen LogP contribution >= 0.6 is 11.3 Å². The molecule has 0 aliphatic rings. The van der Waals surface area contributed by atoms with E-state index in [9.17, 15) is 4.79 Å². The smallest absolute Gasteiger partial charge is 0.261 e. The number of aryl methyl sites for hydroxylation is 1. The Balaban J connectivity index is 2.52. The molecule has 0 unspecified atom stereocenters. The van der Waals surface area contributed by atoms with Crippen molar-refractivity contribution in [1.82, 2.24) is 10.2 Å². The number of aliphatic hydroxyl groups excluding tert-OH is 1. The number of hydrogen-bond donors (Lipinski definition) is 2. The number of thiophene rings is 1. The molecule has 0 aromatic carbocycles. The molecular weight excluding hydrogens is 284 g/mol. The Kier molecular flexibility index (Phi) is 8.06. The lowest BCUT2D eigenvalue weighted by atomic mass is 10.2. The van der Waals surface area contributed by atoms with Crippen molar-refractivity contribution in [2.24, 2.45) is 0 Å². The van der Waals surface area contributed by atoms with Crippen LogP contribution in [0.4, 0.5) is 0 Å². The molecule has 0 bridgehead atoms. The highest BCUT2D eigenvalue weighted by Crippen LogP contribution is 2.20. The van der Waals surface area contributed by atoms with Crippen LogP contribution in [0.15, 0.2) is 6.07 Å².